The Morgan fingerprint density at radius 1 is 0.929 bits per heavy atom. The van der Waals surface area contributed by atoms with E-state index in [9.17, 15) is 13.2 Å². The summed E-state index contributed by atoms with van der Waals surface area (Å²) < 4.78 is 47.9. The SMILES string of the molecule is CCOC(=O)CN(c1ccc(OC)cc1)S(=O)(=O)c1ccc(OC)c(OC)c1. The third-order valence-corrected chi connectivity index (χ3v) is 5.65. The van der Waals surface area contributed by atoms with Crippen LogP contribution in [-0.4, -0.2) is 48.9 Å². The number of sulfonamides is 1. The van der Waals surface area contributed by atoms with Gasteiger partial charge in [-0.25, -0.2) is 8.42 Å². The van der Waals surface area contributed by atoms with Gasteiger partial charge in [0, 0.05) is 6.07 Å². The molecule has 0 saturated heterocycles. The van der Waals surface area contributed by atoms with Crippen molar-refractivity contribution in [2.75, 3.05) is 38.8 Å². The van der Waals surface area contributed by atoms with Crippen molar-refractivity contribution in [2.45, 2.75) is 11.8 Å². The molecule has 2 aromatic carbocycles. The molecule has 0 saturated carbocycles. The van der Waals surface area contributed by atoms with Crippen LogP contribution in [0.15, 0.2) is 47.4 Å². The summed E-state index contributed by atoms with van der Waals surface area (Å²) in [5.74, 6) is 0.544. The summed E-state index contributed by atoms with van der Waals surface area (Å²) in [5, 5.41) is 0. The van der Waals surface area contributed by atoms with Crippen molar-refractivity contribution in [3.05, 3.63) is 42.5 Å². The number of carbonyl (C=O) groups excluding carboxylic acids is 1. The molecule has 0 amide bonds. The Kier molecular flexibility index (Phi) is 7.11. The number of carbonyl (C=O) groups is 1. The molecule has 2 rings (SSSR count). The lowest BCUT2D eigenvalue weighted by Crippen LogP contribution is -2.36. The van der Waals surface area contributed by atoms with Gasteiger partial charge in [-0.1, -0.05) is 0 Å². The fraction of sp³-hybridized carbons (Fsp3) is 0.316. The Morgan fingerprint density at radius 3 is 2.11 bits per heavy atom. The molecular weight excluding hydrogens is 386 g/mol. The van der Waals surface area contributed by atoms with Gasteiger partial charge in [-0.2, -0.15) is 0 Å². The first kappa shape index (κ1) is 21.4. The number of nitrogens with zero attached hydrogens (tertiary/aromatic N) is 1. The summed E-state index contributed by atoms with van der Waals surface area (Å²) in [4.78, 5) is 12.0. The number of anilines is 1. The van der Waals surface area contributed by atoms with Crippen molar-refractivity contribution in [3.63, 3.8) is 0 Å². The van der Waals surface area contributed by atoms with Crippen LogP contribution in [0.2, 0.25) is 0 Å². The molecule has 0 aliphatic rings. The number of hydrogen-bond acceptors (Lipinski definition) is 7. The number of ether oxygens (including phenoxy) is 4. The molecule has 0 heterocycles. The van der Waals surface area contributed by atoms with Gasteiger partial charge in [0.05, 0.1) is 38.5 Å². The fourth-order valence-electron chi connectivity index (χ4n) is 2.49. The molecule has 0 aliphatic heterocycles. The molecule has 0 unspecified atom stereocenters. The van der Waals surface area contributed by atoms with E-state index in [1.54, 1.807) is 31.2 Å². The molecule has 0 atom stereocenters. The Morgan fingerprint density at radius 2 is 1.57 bits per heavy atom. The lowest BCUT2D eigenvalue weighted by atomic mass is 10.3. The molecular formula is C19H23NO7S. The molecule has 0 bridgehead atoms. The molecule has 0 aliphatic carbocycles. The van der Waals surface area contributed by atoms with Crippen molar-refractivity contribution < 1.29 is 32.2 Å². The van der Waals surface area contributed by atoms with E-state index in [2.05, 4.69) is 0 Å². The second-order valence-corrected chi connectivity index (χ2v) is 7.39. The number of methoxy groups -OCH3 is 3. The number of esters is 1. The summed E-state index contributed by atoms with van der Waals surface area (Å²) in [5.41, 5.74) is 0.295. The van der Waals surface area contributed by atoms with Crippen molar-refractivity contribution >= 4 is 21.7 Å². The van der Waals surface area contributed by atoms with E-state index in [1.807, 2.05) is 0 Å². The van der Waals surface area contributed by atoms with E-state index < -0.39 is 22.5 Å². The van der Waals surface area contributed by atoms with Crippen molar-refractivity contribution in [3.8, 4) is 17.2 Å². The van der Waals surface area contributed by atoms with E-state index in [1.165, 1.54) is 39.5 Å². The van der Waals surface area contributed by atoms with E-state index >= 15 is 0 Å². The van der Waals surface area contributed by atoms with Gasteiger partial charge >= 0.3 is 5.97 Å². The quantitative estimate of drug-likeness (QED) is 0.588. The summed E-state index contributed by atoms with van der Waals surface area (Å²) >= 11 is 0. The maximum absolute atomic E-state index is 13.3. The van der Waals surface area contributed by atoms with Crippen molar-refractivity contribution in [1.82, 2.24) is 0 Å². The summed E-state index contributed by atoms with van der Waals surface area (Å²) in [7, 11) is 0.283. The highest BCUT2D eigenvalue weighted by atomic mass is 32.2. The van der Waals surface area contributed by atoms with Crippen LogP contribution >= 0.6 is 0 Å². The van der Waals surface area contributed by atoms with E-state index in [0.717, 1.165) is 4.31 Å². The minimum atomic E-state index is -4.09. The maximum Gasteiger partial charge on any atom is 0.326 e. The molecule has 9 heteroatoms. The molecule has 0 fully saturated rings. The summed E-state index contributed by atoms with van der Waals surface area (Å²) in [6.07, 6.45) is 0. The molecule has 0 aromatic heterocycles. The van der Waals surface area contributed by atoms with Gasteiger partial charge < -0.3 is 18.9 Å². The predicted octanol–water partition coefficient (Wildman–Crippen LogP) is 2.47. The van der Waals surface area contributed by atoms with Crippen LogP contribution in [0.1, 0.15) is 6.92 Å². The lowest BCUT2D eigenvalue weighted by molar-refractivity contribution is -0.141. The third-order valence-electron chi connectivity index (χ3n) is 3.88. The van der Waals surface area contributed by atoms with Crippen LogP contribution in [0, 0.1) is 0 Å². The number of hydrogen-bond donors (Lipinski definition) is 0. The standard InChI is InChI=1S/C19H23NO7S/c1-5-27-19(21)13-20(14-6-8-15(24-2)9-7-14)28(22,23)16-10-11-17(25-3)18(12-16)26-4/h6-12H,5,13H2,1-4H3. The van der Waals surface area contributed by atoms with Crippen LogP contribution in [0.25, 0.3) is 0 Å². The van der Waals surface area contributed by atoms with Crippen LogP contribution in [0.4, 0.5) is 5.69 Å². The second kappa shape index (κ2) is 9.32. The van der Waals surface area contributed by atoms with E-state index in [-0.39, 0.29) is 17.3 Å². The molecule has 28 heavy (non-hydrogen) atoms. The topological polar surface area (TPSA) is 91.4 Å². The fourth-order valence-corrected chi connectivity index (χ4v) is 3.92. The normalized spacial score (nSPS) is 10.9. The van der Waals surface area contributed by atoms with Gasteiger partial charge in [-0.3, -0.25) is 9.10 Å². The molecule has 0 N–H and O–H groups in total. The zero-order valence-electron chi connectivity index (χ0n) is 16.2. The first-order valence-corrected chi connectivity index (χ1v) is 9.85. The average Bonchev–Trinajstić information content (AvgIpc) is 2.71. The van der Waals surface area contributed by atoms with Gasteiger partial charge in [0.15, 0.2) is 11.5 Å². The Labute approximate surface area is 164 Å². The van der Waals surface area contributed by atoms with Gasteiger partial charge in [0.1, 0.15) is 12.3 Å². The third kappa shape index (κ3) is 4.66. The largest absolute Gasteiger partial charge is 0.497 e. The zero-order chi connectivity index (χ0) is 20.7. The predicted molar refractivity (Wildman–Crippen MR) is 104 cm³/mol. The summed E-state index contributed by atoms with van der Waals surface area (Å²) in [6, 6.07) is 10.5. The average molecular weight is 409 g/mol. The Balaban J connectivity index is 2.52. The highest BCUT2D eigenvalue weighted by Crippen LogP contribution is 2.32. The zero-order valence-corrected chi connectivity index (χ0v) is 17.0. The van der Waals surface area contributed by atoms with E-state index in [0.29, 0.717) is 17.2 Å². The van der Waals surface area contributed by atoms with Crippen LogP contribution in [-0.2, 0) is 19.6 Å². The molecule has 152 valence electrons. The number of benzene rings is 2. The van der Waals surface area contributed by atoms with Crippen molar-refractivity contribution in [1.29, 1.82) is 0 Å². The molecule has 0 radical (unpaired) electrons. The number of rotatable bonds is 9. The Hall–Kier alpha value is -2.94. The maximum atomic E-state index is 13.3. The van der Waals surface area contributed by atoms with Crippen LogP contribution < -0.4 is 18.5 Å². The summed E-state index contributed by atoms with van der Waals surface area (Å²) in [6.45, 7) is 1.32. The molecule has 0 spiro atoms. The van der Waals surface area contributed by atoms with Crippen LogP contribution in [0.3, 0.4) is 0 Å². The van der Waals surface area contributed by atoms with Gasteiger partial charge in [-0.15, -0.1) is 0 Å². The van der Waals surface area contributed by atoms with E-state index in [4.69, 9.17) is 18.9 Å². The highest BCUT2D eigenvalue weighted by molar-refractivity contribution is 7.92. The van der Waals surface area contributed by atoms with Crippen molar-refractivity contribution in [2.24, 2.45) is 0 Å². The monoisotopic (exact) mass is 409 g/mol. The highest BCUT2D eigenvalue weighted by Gasteiger charge is 2.28. The minimum Gasteiger partial charge on any atom is -0.497 e. The smallest absolute Gasteiger partial charge is 0.326 e. The van der Waals surface area contributed by atoms with Gasteiger partial charge in [0.25, 0.3) is 10.0 Å². The second-order valence-electron chi connectivity index (χ2n) is 5.53. The Bertz CT molecular complexity index is 910. The first-order chi connectivity index (χ1) is 13.4. The van der Waals surface area contributed by atoms with Crippen LogP contribution in [0.5, 0.6) is 17.2 Å². The first-order valence-electron chi connectivity index (χ1n) is 8.41. The molecule has 8 nitrogen and oxygen atoms in total. The minimum absolute atomic E-state index is 0.0507. The lowest BCUT2D eigenvalue weighted by Gasteiger charge is -2.24. The molecule has 2 aromatic rings. The van der Waals surface area contributed by atoms with Gasteiger partial charge in [0.2, 0.25) is 0 Å². The van der Waals surface area contributed by atoms with Gasteiger partial charge in [-0.05, 0) is 43.3 Å².